The lowest BCUT2D eigenvalue weighted by atomic mass is 10.0. The largest absolute Gasteiger partial charge is 0.354 e. The Hall–Kier alpha value is -3.36. The topological polar surface area (TPSA) is 86.8 Å². The molecule has 42 heavy (non-hydrogen) atoms. The molecule has 3 aromatic carbocycles. The van der Waals surface area contributed by atoms with Gasteiger partial charge in [0.25, 0.3) is 10.0 Å². The van der Waals surface area contributed by atoms with Gasteiger partial charge in [0.15, 0.2) is 0 Å². The standard InChI is InChI=1S/C33H42ClN3O4S/c1-6-8-21-35-33(39)31(7-2)36(22-26-11-15-28(34)16-12-26)32(38)23-37(29-17-13-27(14-18-29)24(3)4)42(40,41)30-19-9-25(5)10-20-30/h9-20,24,31H,6-8,21-23H2,1-5H3,(H,35,39)/t31-/m1/s1. The third-order valence-corrected chi connectivity index (χ3v) is 9.26. The highest BCUT2D eigenvalue weighted by atomic mass is 35.5. The second kappa shape index (κ2) is 15.2. The summed E-state index contributed by atoms with van der Waals surface area (Å²) >= 11 is 6.09. The fraction of sp³-hybridized carbons (Fsp3) is 0.394. The highest BCUT2D eigenvalue weighted by molar-refractivity contribution is 7.92. The highest BCUT2D eigenvalue weighted by Crippen LogP contribution is 2.27. The molecule has 0 fully saturated rings. The van der Waals surface area contributed by atoms with E-state index >= 15 is 0 Å². The van der Waals surface area contributed by atoms with E-state index in [1.54, 1.807) is 60.7 Å². The lowest BCUT2D eigenvalue weighted by molar-refractivity contribution is -0.140. The Bertz CT molecular complexity index is 1420. The summed E-state index contributed by atoms with van der Waals surface area (Å²) < 4.78 is 29.2. The monoisotopic (exact) mass is 611 g/mol. The summed E-state index contributed by atoms with van der Waals surface area (Å²) in [6.07, 6.45) is 2.11. The maximum atomic E-state index is 14.2. The Morgan fingerprint density at radius 1 is 0.905 bits per heavy atom. The summed E-state index contributed by atoms with van der Waals surface area (Å²) in [5.74, 6) is -0.484. The zero-order chi connectivity index (χ0) is 30.9. The summed E-state index contributed by atoms with van der Waals surface area (Å²) in [4.78, 5) is 29.0. The molecule has 0 bridgehead atoms. The molecule has 3 rings (SSSR count). The van der Waals surface area contributed by atoms with Crippen molar-refractivity contribution in [1.29, 1.82) is 0 Å². The third kappa shape index (κ3) is 8.58. The first-order valence-corrected chi connectivity index (χ1v) is 16.3. The smallest absolute Gasteiger partial charge is 0.264 e. The molecular weight excluding hydrogens is 570 g/mol. The number of nitrogens with zero attached hydrogens (tertiary/aromatic N) is 2. The van der Waals surface area contributed by atoms with Gasteiger partial charge in [-0.05, 0) is 73.2 Å². The second-order valence-corrected chi connectivity index (χ2v) is 13.1. The lowest BCUT2D eigenvalue weighted by Crippen LogP contribution is -2.52. The van der Waals surface area contributed by atoms with Gasteiger partial charge < -0.3 is 10.2 Å². The molecule has 0 heterocycles. The van der Waals surface area contributed by atoms with E-state index in [1.165, 1.54) is 4.90 Å². The van der Waals surface area contributed by atoms with Crippen molar-refractivity contribution in [3.05, 3.63) is 94.5 Å². The van der Waals surface area contributed by atoms with Crippen LogP contribution in [0.1, 0.15) is 69.6 Å². The first-order chi connectivity index (χ1) is 20.0. The predicted octanol–water partition coefficient (Wildman–Crippen LogP) is 6.69. The number of carbonyl (C=O) groups excluding carboxylic acids is 2. The normalized spacial score (nSPS) is 12.2. The fourth-order valence-electron chi connectivity index (χ4n) is 4.60. The molecule has 1 N–H and O–H groups in total. The summed E-state index contributed by atoms with van der Waals surface area (Å²) in [6, 6.07) is 20.1. The number of halogens is 1. The molecular formula is C33H42ClN3O4S. The molecule has 0 radical (unpaired) electrons. The number of anilines is 1. The first kappa shape index (κ1) is 33.1. The third-order valence-electron chi connectivity index (χ3n) is 7.22. The lowest BCUT2D eigenvalue weighted by Gasteiger charge is -2.33. The zero-order valence-corrected chi connectivity index (χ0v) is 26.7. The summed E-state index contributed by atoms with van der Waals surface area (Å²) in [5.41, 5.74) is 3.13. The van der Waals surface area contributed by atoms with Crippen molar-refractivity contribution < 1.29 is 18.0 Å². The van der Waals surface area contributed by atoms with Crippen molar-refractivity contribution in [2.75, 3.05) is 17.4 Å². The van der Waals surface area contributed by atoms with Crippen LogP contribution in [0.2, 0.25) is 5.02 Å². The van der Waals surface area contributed by atoms with E-state index in [0.29, 0.717) is 23.7 Å². The predicted molar refractivity (Wildman–Crippen MR) is 170 cm³/mol. The molecule has 226 valence electrons. The quantitative estimate of drug-likeness (QED) is 0.206. The van der Waals surface area contributed by atoms with Gasteiger partial charge in [-0.25, -0.2) is 8.42 Å². The number of unbranched alkanes of at least 4 members (excludes halogenated alkanes) is 1. The minimum atomic E-state index is -4.11. The Labute approximate surface area is 255 Å². The molecule has 0 aromatic heterocycles. The first-order valence-electron chi connectivity index (χ1n) is 14.5. The van der Waals surface area contributed by atoms with E-state index in [4.69, 9.17) is 11.6 Å². The number of nitrogens with one attached hydrogen (secondary N) is 1. The van der Waals surface area contributed by atoms with Gasteiger partial charge in [-0.15, -0.1) is 0 Å². The molecule has 0 aliphatic heterocycles. The average Bonchev–Trinajstić information content (AvgIpc) is 2.97. The van der Waals surface area contributed by atoms with E-state index in [9.17, 15) is 18.0 Å². The number of sulfonamides is 1. The molecule has 1 atom stereocenters. The van der Waals surface area contributed by atoms with Crippen molar-refractivity contribution in [1.82, 2.24) is 10.2 Å². The minimum absolute atomic E-state index is 0.0856. The maximum Gasteiger partial charge on any atom is 0.264 e. The van der Waals surface area contributed by atoms with Crippen LogP contribution in [0.5, 0.6) is 0 Å². The number of amides is 2. The van der Waals surface area contributed by atoms with Gasteiger partial charge in [0.1, 0.15) is 12.6 Å². The van der Waals surface area contributed by atoms with Gasteiger partial charge in [0.2, 0.25) is 11.8 Å². The Kier molecular flexibility index (Phi) is 12.0. The van der Waals surface area contributed by atoms with Crippen molar-refractivity contribution >= 4 is 39.1 Å². The molecule has 2 amide bonds. The van der Waals surface area contributed by atoms with Crippen molar-refractivity contribution in [2.24, 2.45) is 0 Å². The Morgan fingerprint density at radius 3 is 2.07 bits per heavy atom. The number of hydrogen-bond donors (Lipinski definition) is 1. The molecule has 0 aliphatic carbocycles. The molecule has 0 spiro atoms. The van der Waals surface area contributed by atoms with E-state index in [0.717, 1.165) is 33.8 Å². The Balaban J connectivity index is 2.04. The van der Waals surface area contributed by atoms with Crippen LogP contribution >= 0.6 is 11.6 Å². The fourth-order valence-corrected chi connectivity index (χ4v) is 6.14. The van der Waals surface area contributed by atoms with E-state index in [-0.39, 0.29) is 23.3 Å². The van der Waals surface area contributed by atoms with Gasteiger partial charge in [0.05, 0.1) is 10.6 Å². The summed E-state index contributed by atoms with van der Waals surface area (Å²) in [6.45, 7) is 10.0. The van der Waals surface area contributed by atoms with Crippen LogP contribution in [0.15, 0.2) is 77.7 Å². The molecule has 0 saturated heterocycles. The molecule has 0 saturated carbocycles. The van der Waals surface area contributed by atoms with Crippen LogP contribution in [0.3, 0.4) is 0 Å². The van der Waals surface area contributed by atoms with Gasteiger partial charge in [-0.3, -0.25) is 13.9 Å². The zero-order valence-electron chi connectivity index (χ0n) is 25.1. The van der Waals surface area contributed by atoms with Gasteiger partial charge in [-0.1, -0.05) is 87.7 Å². The Morgan fingerprint density at radius 2 is 1.52 bits per heavy atom. The van der Waals surface area contributed by atoms with Gasteiger partial charge >= 0.3 is 0 Å². The number of hydrogen-bond acceptors (Lipinski definition) is 4. The molecule has 3 aromatic rings. The van der Waals surface area contributed by atoms with Crippen molar-refractivity contribution in [2.45, 2.75) is 77.3 Å². The van der Waals surface area contributed by atoms with Crippen LogP contribution < -0.4 is 9.62 Å². The highest BCUT2D eigenvalue weighted by Gasteiger charge is 2.33. The SMILES string of the molecule is CCCCNC(=O)[C@@H](CC)N(Cc1ccc(Cl)cc1)C(=O)CN(c1ccc(C(C)C)cc1)S(=O)(=O)c1ccc(C)cc1. The van der Waals surface area contributed by atoms with Crippen molar-refractivity contribution in [3.8, 4) is 0 Å². The summed E-state index contributed by atoms with van der Waals surface area (Å²) in [5, 5.41) is 3.50. The van der Waals surface area contributed by atoms with Gasteiger partial charge in [-0.2, -0.15) is 0 Å². The second-order valence-electron chi connectivity index (χ2n) is 10.8. The van der Waals surface area contributed by atoms with Crippen LogP contribution in [0.25, 0.3) is 0 Å². The molecule has 7 nitrogen and oxygen atoms in total. The van der Waals surface area contributed by atoms with Crippen LogP contribution in [0.4, 0.5) is 5.69 Å². The van der Waals surface area contributed by atoms with E-state index in [1.807, 2.05) is 32.9 Å². The number of rotatable bonds is 14. The van der Waals surface area contributed by atoms with Crippen LogP contribution in [-0.4, -0.2) is 44.3 Å². The van der Waals surface area contributed by atoms with Crippen LogP contribution in [-0.2, 0) is 26.2 Å². The average molecular weight is 612 g/mol. The minimum Gasteiger partial charge on any atom is -0.354 e. The van der Waals surface area contributed by atoms with Crippen LogP contribution in [0, 0.1) is 6.92 Å². The van der Waals surface area contributed by atoms with Crippen molar-refractivity contribution in [3.63, 3.8) is 0 Å². The number of aryl methyl sites for hydroxylation is 1. The van der Waals surface area contributed by atoms with E-state index in [2.05, 4.69) is 19.2 Å². The number of carbonyl (C=O) groups is 2. The molecule has 9 heteroatoms. The maximum absolute atomic E-state index is 14.2. The summed E-state index contributed by atoms with van der Waals surface area (Å²) in [7, 11) is -4.11. The molecule has 0 aliphatic rings. The van der Waals surface area contributed by atoms with Gasteiger partial charge in [0, 0.05) is 18.1 Å². The van der Waals surface area contributed by atoms with E-state index < -0.39 is 28.5 Å². The molecule has 0 unspecified atom stereocenters. The number of benzene rings is 3.